The van der Waals surface area contributed by atoms with Gasteiger partial charge in [-0.25, -0.2) is 4.98 Å². The van der Waals surface area contributed by atoms with Crippen molar-refractivity contribution < 1.29 is 14.3 Å². The van der Waals surface area contributed by atoms with Crippen LogP contribution in [0.15, 0.2) is 47.8 Å². The van der Waals surface area contributed by atoms with Crippen LogP contribution in [0, 0.1) is 0 Å². The number of amides is 1. The first kappa shape index (κ1) is 18.2. The zero-order valence-electron chi connectivity index (χ0n) is 14.3. The van der Waals surface area contributed by atoms with Crippen molar-refractivity contribution in [1.29, 1.82) is 0 Å². The minimum atomic E-state index is -0.142. The number of halogens is 1. The van der Waals surface area contributed by atoms with Crippen LogP contribution in [0.3, 0.4) is 0 Å². The molecule has 0 bridgehead atoms. The van der Waals surface area contributed by atoms with Crippen LogP contribution in [-0.4, -0.2) is 25.1 Å². The molecule has 0 radical (unpaired) electrons. The number of thiazole rings is 1. The Bertz CT molecular complexity index is 927. The summed E-state index contributed by atoms with van der Waals surface area (Å²) < 4.78 is 10.6. The van der Waals surface area contributed by atoms with Gasteiger partial charge in [-0.15, -0.1) is 11.3 Å². The molecule has 0 saturated carbocycles. The molecule has 0 fully saturated rings. The predicted octanol–water partition coefficient (Wildman–Crippen LogP) is 4.66. The quantitative estimate of drug-likeness (QED) is 0.667. The molecule has 0 aliphatic rings. The van der Waals surface area contributed by atoms with E-state index in [1.807, 2.05) is 23.6 Å². The largest absolute Gasteiger partial charge is 0.493 e. The van der Waals surface area contributed by atoms with Gasteiger partial charge in [0.2, 0.25) is 5.91 Å². The normalized spacial score (nSPS) is 10.4. The lowest BCUT2D eigenvalue weighted by atomic mass is 10.2. The Kier molecular flexibility index (Phi) is 5.75. The second-order valence-electron chi connectivity index (χ2n) is 5.45. The van der Waals surface area contributed by atoms with E-state index in [0.717, 1.165) is 10.6 Å². The van der Waals surface area contributed by atoms with E-state index >= 15 is 0 Å². The van der Waals surface area contributed by atoms with E-state index in [1.54, 1.807) is 38.5 Å². The van der Waals surface area contributed by atoms with E-state index < -0.39 is 0 Å². The van der Waals surface area contributed by atoms with Crippen LogP contribution >= 0.6 is 22.9 Å². The van der Waals surface area contributed by atoms with Crippen molar-refractivity contribution in [2.24, 2.45) is 0 Å². The van der Waals surface area contributed by atoms with Crippen LogP contribution in [0.2, 0.25) is 5.02 Å². The zero-order valence-corrected chi connectivity index (χ0v) is 15.9. The van der Waals surface area contributed by atoms with Crippen molar-refractivity contribution in [3.63, 3.8) is 0 Å². The third kappa shape index (κ3) is 4.33. The zero-order chi connectivity index (χ0) is 18.5. The summed E-state index contributed by atoms with van der Waals surface area (Å²) in [7, 11) is 3.19. The van der Waals surface area contributed by atoms with Gasteiger partial charge >= 0.3 is 0 Å². The lowest BCUT2D eigenvalue weighted by Gasteiger charge is -2.08. The van der Waals surface area contributed by atoms with Crippen molar-refractivity contribution in [3.05, 3.63) is 58.6 Å². The molecular formula is C19H17ClN2O3S. The molecule has 0 saturated heterocycles. The summed E-state index contributed by atoms with van der Waals surface area (Å²) in [5.74, 6) is 1.16. The van der Waals surface area contributed by atoms with Crippen LogP contribution in [0.4, 0.5) is 5.69 Å². The maximum Gasteiger partial charge on any atom is 0.230 e. The van der Waals surface area contributed by atoms with Crippen molar-refractivity contribution in [3.8, 4) is 22.1 Å². The minimum absolute atomic E-state index is 0.142. The first-order chi connectivity index (χ1) is 12.6. The smallest absolute Gasteiger partial charge is 0.230 e. The molecule has 7 heteroatoms. The molecular weight excluding hydrogens is 372 g/mol. The summed E-state index contributed by atoms with van der Waals surface area (Å²) in [5, 5.41) is 6.09. The second-order valence-corrected chi connectivity index (χ2v) is 6.74. The summed E-state index contributed by atoms with van der Waals surface area (Å²) in [6.07, 6.45) is 0.191. The van der Waals surface area contributed by atoms with Gasteiger partial charge in [0.15, 0.2) is 11.5 Å². The number of hydrogen-bond acceptors (Lipinski definition) is 5. The SMILES string of the molecule is COc1ccc(-c2nc(CC(=O)Nc3cccc(Cl)c3)cs2)cc1OC. The molecule has 3 aromatic rings. The van der Waals surface area contributed by atoms with Gasteiger partial charge in [-0.1, -0.05) is 17.7 Å². The Morgan fingerprint density at radius 1 is 1.15 bits per heavy atom. The van der Waals surface area contributed by atoms with E-state index in [9.17, 15) is 4.79 Å². The monoisotopic (exact) mass is 388 g/mol. The summed E-state index contributed by atoms with van der Waals surface area (Å²) in [5.41, 5.74) is 2.28. The summed E-state index contributed by atoms with van der Waals surface area (Å²) in [6.45, 7) is 0. The van der Waals surface area contributed by atoms with E-state index in [-0.39, 0.29) is 12.3 Å². The molecule has 1 aromatic heterocycles. The van der Waals surface area contributed by atoms with Crippen LogP contribution in [-0.2, 0) is 11.2 Å². The Labute approximate surface area is 160 Å². The van der Waals surface area contributed by atoms with Crippen molar-refractivity contribution in [2.45, 2.75) is 6.42 Å². The molecule has 1 heterocycles. The molecule has 1 amide bonds. The molecule has 134 valence electrons. The molecule has 0 aliphatic heterocycles. The standard InChI is InChI=1S/C19H17ClN2O3S/c1-24-16-7-6-12(8-17(16)25-2)19-22-15(11-26-19)10-18(23)21-14-5-3-4-13(20)9-14/h3-9,11H,10H2,1-2H3,(H,21,23). The summed E-state index contributed by atoms with van der Waals surface area (Å²) in [4.78, 5) is 16.7. The Morgan fingerprint density at radius 2 is 1.96 bits per heavy atom. The number of carbonyl (C=O) groups excluding carboxylic acids is 1. The topological polar surface area (TPSA) is 60.5 Å². The number of aromatic nitrogens is 1. The van der Waals surface area contributed by atoms with Gasteiger partial charge in [0.05, 0.1) is 26.3 Å². The molecule has 0 unspecified atom stereocenters. The van der Waals surface area contributed by atoms with Crippen molar-refractivity contribution >= 4 is 34.5 Å². The fraction of sp³-hybridized carbons (Fsp3) is 0.158. The summed E-state index contributed by atoms with van der Waals surface area (Å²) >= 11 is 7.40. The van der Waals surface area contributed by atoms with Gasteiger partial charge in [0, 0.05) is 21.7 Å². The number of methoxy groups -OCH3 is 2. The third-order valence-electron chi connectivity index (χ3n) is 3.63. The van der Waals surface area contributed by atoms with Gasteiger partial charge in [-0.2, -0.15) is 0 Å². The maximum absolute atomic E-state index is 12.2. The van der Waals surface area contributed by atoms with Crippen LogP contribution in [0.1, 0.15) is 5.69 Å². The number of nitrogens with zero attached hydrogens (tertiary/aromatic N) is 1. The first-order valence-electron chi connectivity index (χ1n) is 7.81. The highest BCUT2D eigenvalue weighted by molar-refractivity contribution is 7.13. The molecule has 3 rings (SSSR count). The molecule has 0 atom stereocenters. The second kappa shape index (κ2) is 8.21. The molecule has 26 heavy (non-hydrogen) atoms. The van der Waals surface area contributed by atoms with Crippen LogP contribution < -0.4 is 14.8 Å². The Hall–Kier alpha value is -2.57. The molecule has 1 N–H and O–H groups in total. The molecule has 5 nitrogen and oxygen atoms in total. The number of ether oxygens (including phenoxy) is 2. The lowest BCUT2D eigenvalue weighted by Crippen LogP contribution is -2.14. The highest BCUT2D eigenvalue weighted by Crippen LogP contribution is 2.33. The van der Waals surface area contributed by atoms with Crippen LogP contribution in [0.5, 0.6) is 11.5 Å². The third-order valence-corrected chi connectivity index (χ3v) is 4.81. The minimum Gasteiger partial charge on any atom is -0.493 e. The predicted molar refractivity (Wildman–Crippen MR) is 104 cm³/mol. The molecule has 0 spiro atoms. The van der Waals surface area contributed by atoms with Crippen LogP contribution in [0.25, 0.3) is 10.6 Å². The Balaban J connectivity index is 1.70. The number of rotatable bonds is 6. The maximum atomic E-state index is 12.2. The highest BCUT2D eigenvalue weighted by atomic mass is 35.5. The van der Waals surface area contributed by atoms with Crippen molar-refractivity contribution in [2.75, 3.05) is 19.5 Å². The fourth-order valence-corrected chi connectivity index (χ4v) is 3.43. The van der Waals surface area contributed by atoms with E-state index in [1.165, 1.54) is 11.3 Å². The van der Waals surface area contributed by atoms with Gasteiger partial charge < -0.3 is 14.8 Å². The van der Waals surface area contributed by atoms with Gasteiger partial charge in [-0.05, 0) is 36.4 Å². The van der Waals surface area contributed by atoms with Gasteiger partial charge in [-0.3, -0.25) is 4.79 Å². The van der Waals surface area contributed by atoms with Gasteiger partial charge in [0.25, 0.3) is 0 Å². The number of benzene rings is 2. The van der Waals surface area contributed by atoms with E-state index in [0.29, 0.717) is 27.9 Å². The van der Waals surface area contributed by atoms with Crippen molar-refractivity contribution in [1.82, 2.24) is 4.98 Å². The fourth-order valence-electron chi connectivity index (χ4n) is 2.43. The van der Waals surface area contributed by atoms with E-state index in [4.69, 9.17) is 21.1 Å². The molecule has 2 aromatic carbocycles. The number of anilines is 1. The Morgan fingerprint density at radius 3 is 2.69 bits per heavy atom. The number of nitrogens with one attached hydrogen (secondary N) is 1. The highest BCUT2D eigenvalue weighted by Gasteiger charge is 2.12. The first-order valence-corrected chi connectivity index (χ1v) is 9.07. The van der Waals surface area contributed by atoms with E-state index in [2.05, 4.69) is 10.3 Å². The van der Waals surface area contributed by atoms with Gasteiger partial charge in [0.1, 0.15) is 5.01 Å². The molecule has 0 aliphatic carbocycles. The lowest BCUT2D eigenvalue weighted by molar-refractivity contribution is -0.115. The average Bonchev–Trinajstić information content (AvgIpc) is 3.09. The summed E-state index contributed by atoms with van der Waals surface area (Å²) in [6, 6.07) is 12.7. The number of hydrogen-bond donors (Lipinski definition) is 1. The number of carbonyl (C=O) groups is 1. The average molecular weight is 389 g/mol.